The summed E-state index contributed by atoms with van der Waals surface area (Å²) in [7, 11) is 3.15. The van der Waals surface area contributed by atoms with Crippen molar-refractivity contribution < 1.29 is 23.8 Å². The van der Waals surface area contributed by atoms with E-state index in [1.54, 1.807) is 7.11 Å². The van der Waals surface area contributed by atoms with E-state index >= 15 is 0 Å². The van der Waals surface area contributed by atoms with Crippen LogP contribution in [0, 0.1) is 0 Å². The molecule has 2 atom stereocenters. The zero-order valence-electron chi connectivity index (χ0n) is 12.3. The number of hydrogen-bond acceptors (Lipinski definition) is 5. The molecule has 0 aliphatic carbocycles. The summed E-state index contributed by atoms with van der Waals surface area (Å²) >= 11 is 0. The van der Waals surface area contributed by atoms with Gasteiger partial charge in [0.2, 0.25) is 0 Å². The Morgan fingerprint density at radius 1 is 1.15 bits per heavy atom. The molecule has 0 radical (unpaired) electrons. The SMILES string of the molecule is COC1/C=C/CCOC(=O)CCCC(OC)C(=O)CC1. The number of Topliss-reactive ketones (excluding diaryl/α,β-unsaturated/α-hetero) is 1. The summed E-state index contributed by atoms with van der Waals surface area (Å²) in [6, 6.07) is 0. The van der Waals surface area contributed by atoms with Gasteiger partial charge in [0.1, 0.15) is 6.10 Å². The third kappa shape index (κ3) is 6.30. The lowest BCUT2D eigenvalue weighted by Crippen LogP contribution is -2.24. The largest absolute Gasteiger partial charge is 0.465 e. The molecule has 0 aromatic carbocycles. The number of rotatable bonds is 2. The first-order valence-corrected chi connectivity index (χ1v) is 7.08. The third-order valence-corrected chi connectivity index (χ3v) is 3.37. The van der Waals surface area contributed by atoms with Crippen molar-refractivity contribution in [3.8, 4) is 0 Å². The fraction of sp³-hybridized carbons (Fsp3) is 0.733. The van der Waals surface area contributed by atoms with Crippen LogP contribution in [0.5, 0.6) is 0 Å². The summed E-state index contributed by atoms with van der Waals surface area (Å²) in [6.07, 6.45) is 6.53. The van der Waals surface area contributed by atoms with Crippen molar-refractivity contribution in [1.29, 1.82) is 0 Å². The van der Waals surface area contributed by atoms with Gasteiger partial charge in [-0.1, -0.05) is 12.2 Å². The van der Waals surface area contributed by atoms with Crippen molar-refractivity contribution in [2.45, 2.75) is 50.7 Å². The van der Waals surface area contributed by atoms with E-state index in [1.807, 2.05) is 12.2 Å². The lowest BCUT2D eigenvalue weighted by atomic mass is 10.0. The lowest BCUT2D eigenvalue weighted by molar-refractivity contribution is -0.144. The van der Waals surface area contributed by atoms with Gasteiger partial charge in [-0.3, -0.25) is 9.59 Å². The maximum atomic E-state index is 12.0. The van der Waals surface area contributed by atoms with E-state index in [-0.39, 0.29) is 17.9 Å². The maximum absolute atomic E-state index is 12.0. The number of carbonyl (C=O) groups excluding carboxylic acids is 2. The van der Waals surface area contributed by atoms with E-state index in [0.717, 1.165) is 0 Å². The number of esters is 1. The van der Waals surface area contributed by atoms with Gasteiger partial charge >= 0.3 is 5.97 Å². The highest BCUT2D eigenvalue weighted by Gasteiger charge is 2.19. The van der Waals surface area contributed by atoms with Crippen LogP contribution in [0.3, 0.4) is 0 Å². The smallest absolute Gasteiger partial charge is 0.305 e. The molecule has 1 aliphatic rings. The average Bonchev–Trinajstić information content (AvgIpc) is 2.45. The Hall–Kier alpha value is -1.20. The minimum absolute atomic E-state index is 0.0633. The molecular weight excluding hydrogens is 260 g/mol. The second-order valence-corrected chi connectivity index (χ2v) is 4.83. The van der Waals surface area contributed by atoms with Gasteiger partial charge in [-0.2, -0.15) is 0 Å². The second-order valence-electron chi connectivity index (χ2n) is 4.83. The summed E-state index contributed by atoms with van der Waals surface area (Å²) < 4.78 is 15.6. The zero-order chi connectivity index (χ0) is 14.8. The van der Waals surface area contributed by atoms with Crippen LogP contribution >= 0.6 is 0 Å². The first-order valence-electron chi connectivity index (χ1n) is 7.08. The number of hydrogen-bond donors (Lipinski definition) is 0. The Balaban J connectivity index is 2.63. The number of methoxy groups -OCH3 is 2. The van der Waals surface area contributed by atoms with Gasteiger partial charge in [-0.25, -0.2) is 0 Å². The Labute approximate surface area is 120 Å². The van der Waals surface area contributed by atoms with Gasteiger partial charge in [0.25, 0.3) is 0 Å². The Morgan fingerprint density at radius 2 is 1.95 bits per heavy atom. The first kappa shape index (κ1) is 16.9. The second kappa shape index (κ2) is 9.66. The van der Waals surface area contributed by atoms with E-state index in [9.17, 15) is 9.59 Å². The maximum Gasteiger partial charge on any atom is 0.305 e. The standard InChI is InChI=1S/C15H24O5/c1-18-12-6-3-4-11-20-15(17)8-5-7-14(19-2)13(16)10-9-12/h3,6,12,14H,4-5,7-11H2,1-2H3/b6-3+. The Morgan fingerprint density at radius 3 is 2.65 bits per heavy atom. The highest BCUT2D eigenvalue weighted by atomic mass is 16.5. The van der Waals surface area contributed by atoms with E-state index in [4.69, 9.17) is 14.2 Å². The van der Waals surface area contributed by atoms with Crippen molar-refractivity contribution in [3.05, 3.63) is 12.2 Å². The molecular formula is C15H24O5. The fourth-order valence-corrected chi connectivity index (χ4v) is 2.14. The quantitative estimate of drug-likeness (QED) is 0.573. The summed E-state index contributed by atoms with van der Waals surface area (Å²) in [5.41, 5.74) is 0. The number of cyclic esters (lactones) is 1. The summed E-state index contributed by atoms with van der Waals surface area (Å²) in [5.74, 6) is -0.158. The van der Waals surface area contributed by atoms with E-state index in [2.05, 4.69) is 0 Å². The van der Waals surface area contributed by atoms with Crippen molar-refractivity contribution in [1.82, 2.24) is 0 Å². The predicted octanol–water partition coefficient (Wildman–Crippen LogP) is 2.04. The van der Waals surface area contributed by atoms with Crippen molar-refractivity contribution in [2.75, 3.05) is 20.8 Å². The minimum Gasteiger partial charge on any atom is -0.465 e. The van der Waals surface area contributed by atoms with Crippen molar-refractivity contribution in [3.63, 3.8) is 0 Å². The van der Waals surface area contributed by atoms with Crippen LogP contribution in [0.25, 0.3) is 0 Å². The van der Waals surface area contributed by atoms with Crippen LogP contribution in [0.1, 0.15) is 38.5 Å². The summed E-state index contributed by atoms with van der Waals surface area (Å²) in [4.78, 5) is 23.5. The molecule has 1 heterocycles. The monoisotopic (exact) mass is 284 g/mol. The molecule has 0 spiro atoms. The average molecular weight is 284 g/mol. The predicted molar refractivity (Wildman–Crippen MR) is 74.4 cm³/mol. The number of ether oxygens (including phenoxy) is 3. The molecule has 1 aliphatic heterocycles. The third-order valence-electron chi connectivity index (χ3n) is 3.37. The highest BCUT2D eigenvalue weighted by Crippen LogP contribution is 2.13. The van der Waals surface area contributed by atoms with E-state index in [0.29, 0.717) is 45.1 Å². The molecule has 0 aromatic rings. The molecule has 114 valence electrons. The van der Waals surface area contributed by atoms with Crippen molar-refractivity contribution in [2.24, 2.45) is 0 Å². The van der Waals surface area contributed by atoms with Crippen molar-refractivity contribution >= 4 is 11.8 Å². The van der Waals surface area contributed by atoms with Gasteiger partial charge in [0.05, 0.1) is 12.7 Å². The molecule has 20 heavy (non-hydrogen) atoms. The van der Waals surface area contributed by atoms with Gasteiger partial charge in [0, 0.05) is 27.1 Å². The normalized spacial score (nSPS) is 28.5. The minimum atomic E-state index is -0.438. The molecule has 2 unspecified atom stereocenters. The van der Waals surface area contributed by atoms with Gasteiger partial charge in [0.15, 0.2) is 5.78 Å². The lowest BCUT2D eigenvalue weighted by Gasteiger charge is -2.16. The molecule has 0 saturated carbocycles. The zero-order valence-corrected chi connectivity index (χ0v) is 12.3. The van der Waals surface area contributed by atoms with Gasteiger partial charge < -0.3 is 14.2 Å². The first-order chi connectivity index (χ1) is 9.67. The van der Waals surface area contributed by atoms with Crippen LogP contribution in [0.15, 0.2) is 12.2 Å². The van der Waals surface area contributed by atoms with Crippen LogP contribution < -0.4 is 0 Å². The molecule has 0 aromatic heterocycles. The topological polar surface area (TPSA) is 61.8 Å². The summed E-state index contributed by atoms with van der Waals surface area (Å²) in [6.45, 7) is 0.387. The Bertz CT molecular complexity index is 337. The van der Waals surface area contributed by atoms with Gasteiger partial charge in [-0.15, -0.1) is 0 Å². The molecule has 0 N–H and O–H groups in total. The molecule has 0 bridgehead atoms. The molecule has 5 nitrogen and oxygen atoms in total. The van der Waals surface area contributed by atoms with E-state index < -0.39 is 6.10 Å². The molecule has 1 rings (SSSR count). The van der Waals surface area contributed by atoms with Crippen LogP contribution in [-0.2, 0) is 23.8 Å². The molecule has 0 saturated heterocycles. The van der Waals surface area contributed by atoms with Crippen LogP contribution in [0.4, 0.5) is 0 Å². The molecule has 0 fully saturated rings. The summed E-state index contributed by atoms with van der Waals surface area (Å²) in [5, 5.41) is 0. The highest BCUT2D eigenvalue weighted by molar-refractivity contribution is 5.83. The molecule has 0 amide bonds. The van der Waals surface area contributed by atoms with E-state index in [1.165, 1.54) is 7.11 Å². The number of ketones is 1. The Kier molecular flexibility index (Phi) is 8.14. The van der Waals surface area contributed by atoms with Crippen LogP contribution in [-0.4, -0.2) is 44.8 Å². The molecule has 5 heteroatoms. The fourth-order valence-electron chi connectivity index (χ4n) is 2.14. The van der Waals surface area contributed by atoms with Gasteiger partial charge in [-0.05, 0) is 25.7 Å². The number of carbonyl (C=O) groups is 2. The van der Waals surface area contributed by atoms with Crippen LogP contribution in [0.2, 0.25) is 0 Å².